The molecule has 1 aromatic heterocycles. The number of nitrogen functional groups attached to an aromatic ring is 1. The summed E-state index contributed by atoms with van der Waals surface area (Å²) in [6.45, 7) is 4.79. The molecule has 1 aliphatic rings. The predicted octanol–water partition coefficient (Wildman–Crippen LogP) is 0.608. The van der Waals surface area contributed by atoms with Crippen molar-refractivity contribution in [2.45, 2.75) is 33.2 Å². The van der Waals surface area contributed by atoms with Gasteiger partial charge in [-0.2, -0.15) is 5.10 Å². The average Bonchev–Trinajstić information content (AvgIpc) is 3.03. The highest BCUT2D eigenvalue weighted by Gasteiger charge is 2.21. The molecule has 0 atom stereocenters. The van der Waals surface area contributed by atoms with Crippen molar-refractivity contribution in [2.75, 3.05) is 12.3 Å². The zero-order valence-electron chi connectivity index (χ0n) is 9.79. The van der Waals surface area contributed by atoms with E-state index in [1.54, 1.807) is 4.68 Å². The first-order valence-corrected chi connectivity index (χ1v) is 5.64. The third kappa shape index (κ3) is 2.35. The van der Waals surface area contributed by atoms with Gasteiger partial charge in [0.15, 0.2) is 0 Å². The van der Waals surface area contributed by atoms with Crippen molar-refractivity contribution in [3.05, 3.63) is 11.4 Å². The van der Waals surface area contributed by atoms with E-state index in [1.807, 2.05) is 13.8 Å². The molecule has 0 saturated heterocycles. The lowest BCUT2D eigenvalue weighted by Crippen LogP contribution is -2.30. The zero-order chi connectivity index (χ0) is 11.7. The monoisotopic (exact) mass is 222 g/mol. The smallest absolute Gasteiger partial charge is 0.241 e. The van der Waals surface area contributed by atoms with Crippen LogP contribution in [0.5, 0.6) is 0 Å². The fraction of sp³-hybridized carbons (Fsp3) is 0.636. The summed E-state index contributed by atoms with van der Waals surface area (Å²) < 4.78 is 1.66. The third-order valence-electron chi connectivity index (χ3n) is 3.02. The summed E-state index contributed by atoms with van der Waals surface area (Å²) >= 11 is 0. The number of hydrogen-bond donors (Lipinski definition) is 2. The van der Waals surface area contributed by atoms with Gasteiger partial charge in [-0.1, -0.05) is 0 Å². The lowest BCUT2D eigenvalue weighted by molar-refractivity contribution is -0.121. The first-order chi connectivity index (χ1) is 7.58. The zero-order valence-corrected chi connectivity index (χ0v) is 9.79. The molecule has 1 amide bonds. The predicted molar refractivity (Wildman–Crippen MR) is 61.8 cm³/mol. The Morgan fingerprint density at radius 2 is 2.25 bits per heavy atom. The van der Waals surface area contributed by atoms with Gasteiger partial charge in [0, 0.05) is 6.54 Å². The third-order valence-corrected chi connectivity index (χ3v) is 3.02. The lowest BCUT2D eigenvalue weighted by atomic mass is 10.3. The van der Waals surface area contributed by atoms with Gasteiger partial charge in [0.05, 0.1) is 17.1 Å². The van der Waals surface area contributed by atoms with E-state index in [9.17, 15) is 4.79 Å². The Bertz CT molecular complexity index is 406. The van der Waals surface area contributed by atoms with Crippen molar-refractivity contribution in [3.63, 3.8) is 0 Å². The Kier molecular flexibility index (Phi) is 2.85. The fourth-order valence-corrected chi connectivity index (χ4v) is 1.64. The van der Waals surface area contributed by atoms with E-state index in [0.29, 0.717) is 11.6 Å². The number of nitrogens with two attached hydrogens (primary N) is 1. The molecule has 0 aromatic carbocycles. The number of amides is 1. The van der Waals surface area contributed by atoms with E-state index in [1.165, 1.54) is 12.8 Å². The molecule has 1 aromatic rings. The maximum Gasteiger partial charge on any atom is 0.241 e. The average molecular weight is 222 g/mol. The van der Waals surface area contributed by atoms with Gasteiger partial charge >= 0.3 is 0 Å². The van der Waals surface area contributed by atoms with Crippen LogP contribution in [0.4, 0.5) is 5.69 Å². The summed E-state index contributed by atoms with van der Waals surface area (Å²) in [6, 6.07) is 0. The summed E-state index contributed by atoms with van der Waals surface area (Å²) in [5.74, 6) is 0.715. The molecular formula is C11H18N4O. The Balaban J connectivity index is 1.91. The molecule has 0 spiro atoms. The molecule has 0 aliphatic heterocycles. The topological polar surface area (TPSA) is 72.9 Å². The van der Waals surface area contributed by atoms with E-state index < -0.39 is 0 Å². The van der Waals surface area contributed by atoms with Crippen LogP contribution in [0.1, 0.15) is 24.2 Å². The number of aromatic nitrogens is 2. The fourth-order valence-electron chi connectivity index (χ4n) is 1.64. The van der Waals surface area contributed by atoms with Gasteiger partial charge in [0.25, 0.3) is 0 Å². The Morgan fingerprint density at radius 3 is 2.75 bits per heavy atom. The highest BCUT2D eigenvalue weighted by atomic mass is 16.2. The summed E-state index contributed by atoms with van der Waals surface area (Å²) in [5, 5.41) is 7.13. The molecule has 1 saturated carbocycles. The second kappa shape index (κ2) is 4.15. The highest BCUT2D eigenvalue weighted by molar-refractivity contribution is 5.76. The minimum atomic E-state index is 0.0116. The first-order valence-electron chi connectivity index (χ1n) is 5.64. The Labute approximate surface area is 95.0 Å². The molecule has 1 fully saturated rings. The molecule has 0 radical (unpaired) electrons. The number of rotatable bonds is 4. The van der Waals surface area contributed by atoms with Crippen molar-refractivity contribution < 1.29 is 4.79 Å². The van der Waals surface area contributed by atoms with Gasteiger partial charge in [-0.3, -0.25) is 9.48 Å². The van der Waals surface area contributed by atoms with Gasteiger partial charge in [-0.15, -0.1) is 0 Å². The second-order valence-corrected chi connectivity index (χ2v) is 4.49. The van der Waals surface area contributed by atoms with Crippen LogP contribution < -0.4 is 11.1 Å². The van der Waals surface area contributed by atoms with Gasteiger partial charge in [0.2, 0.25) is 5.91 Å². The molecule has 2 rings (SSSR count). The minimum Gasteiger partial charge on any atom is -0.396 e. The van der Waals surface area contributed by atoms with E-state index in [4.69, 9.17) is 5.73 Å². The van der Waals surface area contributed by atoms with Crippen LogP contribution in [0.2, 0.25) is 0 Å². The van der Waals surface area contributed by atoms with Crippen LogP contribution in [0.3, 0.4) is 0 Å². The first kappa shape index (κ1) is 11.0. The van der Waals surface area contributed by atoms with Gasteiger partial charge in [-0.25, -0.2) is 0 Å². The van der Waals surface area contributed by atoms with Crippen molar-refractivity contribution >= 4 is 11.6 Å². The molecule has 5 heteroatoms. The van der Waals surface area contributed by atoms with Crippen LogP contribution >= 0.6 is 0 Å². The van der Waals surface area contributed by atoms with Gasteiger partial charge < -0.3 is 11.1 Å². The number of nitrogens with zero attached hydrogens (tertiary/aromatic N) is 2. The van der Waals surface area contributed by atoms with Crippen molar-refractivity contribution in [1.29, 1.82) is 0 Å². The van der Waals surface area contributed by atoms with Crippen LogP contribution in [0.15, 0.2) is 0 Å². The number of carbonyl (C=O) groups is 1. The van der Waals surface area contributed by atoms with E-state index in [0.717, 1.165) is 17.9 Å². The second-order valence-electron chi connectivity index (χ2n) is 4.49. The quantitative estimate of drug-likeness (QED) is 0.784. The van der Waals surface area contributed by atoms with Crippen molar-refractivity contribution in [2.24, 2.45) is 5.92 Å². The van der Waals surface area contributed by atoms with Crippen LogP contribution in [0.25, 0.3) is 0 Å². The Hall–Kier alpha value is -1.52. The highest BCUT2D eigenvalue weighted by Crippen LogP contribution is 2.27. The maximum absolute atomic E-state index is 11.6. The van der Waals surface area contributed by atoms with Gasteiger partial charge in [-0.05, 0) is 32.6 Å². The maximum atomic E-state index is 11.6. The molecule has 0 unspecified atom stereocenters. The van der Waals surface area contributed by atoms with Gasteiger partial charge in [0.1, 0.15) is 6.54 Å². The number of nitrogens with one attached hydrogen (secondary N) is 1. The number of carbonyl (C=O) groups excluding carboxylic acids is 1. The molecule has 88 valence electrons. The summed E-state index contributed by atoms with van der Waals surface area (Å²) in [6.07, 6.45) is 2.49. The molecule has 1 heterocycles. The largest absolute Gasteiger partial charge is 0.396 e. The van der Waals surface area contributed by atoms with E-state index in [2.05, 4.69) is 10.4 Å². The summed E-state index contributed by atoms with van der Waals surface area (Å²) in [7, 11) is 0. The summed E-state index contributed by atoms with van der Waals surface area (Å²) in [4.78, 5) is 11.6. The van der Waals surface area contributed by atoms with Crippen LogP contribution in [-0.4, -0.2) is 22.2 Å². The van der Waals surface area contributed by atoms with Crippen molar-refractivity contribution in [1.82, 2.24) is 15.1 Å². The Morgan fingerprint density at radius 1 is 1.56 bits per heavy atom. The molecule has 3 N–H and O–H groups in total. The van der Waals surface area contributed by atoms with E-state index >= 15 is 0 Å². The van der Waals surface area contributed by atoms with Crippen molar-refractivity contribution in [3.8, 4) is 0 Å². The summed E-state index contributed by atoms with van der Waals surface area (Å²) in [5.41, 5.74) is 8.12. The van der Waals surface area contributed by atoms with E-state index in [-0.39, 0.29) is 12.5 Å². The van der Waals surface area contributed by atoms with Crippen LogP contribution in [-0.2, 0) is 11.3 Å². The molecular weight excluding hydrogens is 204 g/mol. The number of hydrogen-bond acceptors (Lipinski definition) is 3. The minimum absolute atomic E-state index is 0.0116. The molecule has 5 nitrogen and oxygen atoms in total. The molecule has 16 heavy (non-hydrogen) atoms. The number of aryl methyl sites for hydroxylation is 1. The SMILES string of the molecule is Cc1nn(CC(=O)NCC2CC2)c(C)c1N. The lowest BCUT2D eigenvalue weighted by Gasteiger charge is -2.05. The molecule has 0 bridgehead atoms. The number of anilines is 1. The standard InChI is InChI=1S/C11H18N4O/c1-7-11(12)8(2)15(14-7)6-10(16)13-5-9-3-4-9/h9H,3-6,12H2,1-2H3,(H,13,16). The molecule has 1 aliphatic carbocycles. The normalized spacial score (nSPS) is 15.1. The van der Waals surface area contributed by atoms with Crippen LogP contribution in [0, 0.1) is 19.8 Å².